The van der Waals surface area contributed by atoms with Gasteiger partial charge in [0, 0.05) is 12.3 Å². The molecule has 0 amide bonds. The van der Waals surface area contributed by atoms with E-state index >= 15 is 4.39 Å². The molecule has 208 valence electrons. The smallest absolute Gasteiger partial charge is 0.305 e. The summed E-state index contributed by atoms with van der Waals surface area (Å²) in [6.45, 7) is 16.3. The summed E-state index contributed by atoms with van der Waals surface area (Å²) in [5.41, 5.74) is 0.168. The van der Waals surface area contributed by atoms with E-state index in [2.05, 4.69) is 47.3 Å². The van der Waals surface area contributed by atoms with E-state index in [0.29, 0.717) is 42.4 Å². The second-order valence-electron chi connectivity index (χ2n) is 14.5. The van der Waals surface area contributed by atoms with Crippen molar-refractivity contribution in [3.05, 3.63) is 0 Å². The molecule has 4 fully saturated rings. The first-order valence-corrected chi connectivity index (χ1v) is 18.3. The van der Waals surface area contributed by atoms with E-state index in [-0.39, 0.29) is 34.7 Å². The van der Waals surface area contributed by atoms with E-state index in [9.17, 15) is 9.90 Å². The van der Waals surface area contributed by atoms with Gasteiger partial charge in [0.1, 0.15) is 6.17 Å². The highest BCUT2D eigenvalue weighted by atomic mass is 28.4. The molecule has 4 aliphatic carbocycles. The molecule has 0 saturated heterocycles. The molecule has 4 saturated carbocycles. The summed E-state index contributed by atoms with van der Waals surface area (Å²) in [5, 5.41) is 10.6. The Morgan fingerprint density at radius 1 is 1.08 bits per heavy atom. The molecule has 36 heavy (non-hydrogen) atoms. The average Bonchev–Trinajstić information content (AvgIpc) is 3.17. The Labute approximate surface area is 220 Å². The minimum absolute atomic E-state index is 0.0702. The van der Waals surface area contributed by atoms with E-state index in [1.807, 2.05) is 0 Å². The molecular weight excluding hydrogens is 471 g/mol. The van der Waals surface area contributed by atoms with E-state index in [1.54, 1.807) is 0 Å². The minimum Gasteiger partial charge on any atom is -0.469 e. The molecule has 0 aromatic heterocycles. The number of fused-ring (bicyclic) bond motifs is 5. The number of alkyl halides is 1. The number of aliphatic hydroxyl groups excluding tert-OH is 1. The Bertz CT molecular complexity index is 800. The van der Waals surface area contributed by atoms with Crippen LogP contribution in [-0.2, 0) is 14.0 Å². The van der Waals surface area contributed by atoms with Crippen LogP contribution in [0.3, 0.4) is 0 Å². The predicted octanol–water partition coefficient (Wildman–Crippen LogP) is 7.01. The molecule has 0 radical (unpaired) electrons. The zero-order chi connectivity index (χ0) is 26.6. The summed E-state index contributed by atoms with van der Waals surface area (Å²) in [4.78, 5) is 11.9. The Balaban J connectivity index is 1.70. The van der Waals surface area contributed by atoms with Gasteiger partial charge in [0.2, 0.25) is 0 Å². The monoisotopic (exact) mass is 524 g/mol. The molecule has 4 nitrogen and oxygen atoms in total. The molecule has 6 heteroatoms. The van der Waals surface area contributed by atoms with E-state index in [1.165, 1.54) is 26.4 Å². The number of aliphatic hydroxyl groups is 1. The molecule has 4 rings (SSSR count). The normalized spacial score (nSPS) is 47.4. The van der Waals surface area contributed by atoms with Crippen LogP contribution in [0.15, 0.2) is 0 Å². The van der Waals surface area contributed by atoms with Gasteiger partial charge in [-0.1, -0.05) is 34.1 Å². The highest BCUT2D eigenvalue weighted by Crippen LogP contribution is 2.70. The van der Waals surface area contributed by atoms with E-state index < -0.39 is 20.6 Å². The van der Waals surface area contributed by atoms with Crippen LogP contribution in [-0.4, -0.2) is 44.9 Å². The van der Waals surface area contributed by atoms with Gasteiger partial charge in [-0.05, 0) is 111 Å². The second-order valence-corrected chi connectivity index (χ2v) is 18.9. The first-order chi connectivity index (χ1) is 16.8. The standard InChI is InChI=1S/C30H53FO4Si/c1-9-19-26-27(31)23(32)15-17-30(26,4)22-14-16-29(3)20(18(2)10-13-24(33)34-5)11-12-21(29)25(22)28(19)35-36(6,7)8/h18-23,25-28,32H,9-17H2,1-8H3/t18-,19-,20?,21?,22?,23?,25?,26-,27+,28?,29-,30-/m1/s1. The molecule has 6 unspecified atom stereocenters. The van der Waals surface area contributed by atoms with Crippen molar-refractivity contribution in [1.82, 2.24) is 0 Å². The van der Waals surface area contributed by atoms with Crippen molar-refractivity contribution in [2.45, 2.75) is 124 Å². The van der Waals surface area contributed by atoms with Crippen LogP contribution in [0.4, 0.5) is 4.39 Å². The van der Waals surface area contributed by atoms with Gasteiger partial charge in [-0.3, -0.25) is 4.79 Å². The molecule has 0 bridgehead atoms. The highest BCUT2D eigenvalue weighted by Gasteiger charge is 2.67. The van der Waals surface area contributed by atoms with Crippen LogP contribution >= 0.6 is 0 Å². The SMILES string of the molecule is CC[C@H]1C(O[Si](C)(C)C)C2C3CCC([C@H](C)CCC(=O)OC)[C@@]3(C)CCC2[C@@]2(C)CCC(O)[C@H](F)[C@@H]12. The molecule has 0 aliphatic heterocycles. The third kappa shape index (κ3) is 4.74. The first-order valence-electron chi connectivity index (χ1n) is 14.8. The Kier molecular flexibility index (Phi) is 8.13. The van der Waals surface area contributed by atoms with Gasteiger partial charge in [0.05, 0.1) is 19.3 Å². The molecule has 12 atom stereocenters. The zero-order valence-corrected chi connectivity index (χ0v) is 25.2. The maximum Gasteiger partial charge on any atom is 0.305 e. The number of hydrogen-bond acceptors (Lipinski definition) is 4. The van der Waals surface area contributed by atoms with Gasteiger partial charge in [-0.15, -0.1) is 0 Å². The molecule has 4 aliphatic rings. The fraction of sp³-hybridized carbons (Fsp3) is 0.967. The number of ether oxygens (including phenoxy) is 1. The Hall–Kier alpha value is -0.463. The maximum atomic E-state index is 15.9. The minimum atomic E-state index is -1.87. The van der Waals surface area contributed by atoms with Crippen molar-refractivity contribution in [3.63, 3.8) is 0 Å². The molecule has 0 heterocycles. The van der Waals surface area contributed by atoms with Gasteiger partial charge in [-0.2, -0.15) is 0 Å². The quantitative estimate of drug-likeness (QED) is 0.287. The number of carbonyl (C=O) groups is 1. The molecule has 0 spiro atoms. The average molecular weight is 525 g/mol. The predicted molar refractivity (Wildman–Crippen MR) is 145 cm³/mol. The van der Waals surface area contributed by atoms with Crippen LogP contribution < -0.4 is 0 Å². The van der Waals surface area contributed by atoms with Crippen LogP contribution in [0.1, 0.15) is 85.5 Å². The third-order valence-corrected chi connectivity index (χ3v) is 12.6. The highest BCUT2D eigenvalue weighted by molar-refractivity contribution is 6.69. The summed E-state index contributed by atoms with van der Waals surface area (Å²) in [6, 6.07) is 0. The molecule has 0 aromatic carbocycles. The molecule has 0 aromatic rings. The largest absolute Gasteiger partial charge is 0.469 e. The maximum absolute atomic E-state index is 15.9. The lowest BCUT2D eigenvalue weighted by atomic mass is 9.41. The van der Waals surface area contributed by atoms with Gasteiger partial charge < -0.3 is 14.3 Å². The first kappa shape index (κ1) is 28.5. The van der Waals surface area contributed by atoms with Crippen LogP contribution in [0.5, 0.6) is 0 Å². The third-order valence-electron chi connectivity index (χ3n) is 11.6. The lowest BCUT2D eigenvalue weighted by molar-refractivity contribution is -0.218. The van der Waals surface area contributed by atoms with Gasteiger partial charge in [-0.25, -0.2) is 4.39 Å². The van der Waals surface area contributed by atoms with Gasteiger partial charge in [0.15, 0.2) is 8.32 Å². The van der Waals surface area contributed by atoms with Crippen molar-refractivity contribution in [1.29, 1.82) is 0 Å². The Morgan fingerprint density at radius 3 is 2.33 bits per heavy atom. The van der Waals surface area contributed by atoms with Crippen LogP contribution in [0.25, 0.3) is 0 Å². The van der Waals surface area contributed by atoms with Crippen molar-refractivity contribution in [2.75, 3.05) is 7.11 Å². The number of rotatable bonds is 7. The fourth-order valence-electron chi connectivity index (χ4n) is 10.1. The lowest BCUT2D eigenvalue weighted by Crippen LogP contribution is -2.66. The summed E-state index contributed by atoms with van der Waals surface area (Å²) in [6.07, 6.45) is 6.68. The topological polar surface area (TPSA) is 55.8 Å². The zero-order valence-electron chi connectivity index (χ0n) is 24.2. The summed E-state index contributed by atoms with van der Waals surface area (Å²) < 4.78 is 27.9. The van der Waals surface area contributed by atoms with Gasteiger partial charge in [0.25, 0.3) is 0 Å². The number of carbonyl (C=O) groups excluding carboxylic acids is 1. The van der Waals surface area contributed by atoms with Crippen molar-refractivity contribution in [3.8, 4) is 0 Å². The number of halogens is 1. The summed E-state index contributed by atoms with van der Waals surface area (Å²) in [7, 11) is -0.393. The second kappa shape index (κ2) is 10.3. The summed E-state index contributed by atoms with van der Waals surface area (Å²) in [5.74, 6) is 2.53. The Morgan fingerprint density at radius 2 is 1.72 bits per heavy atom. The lowest BCUT2D eigenvalue weighted by Gasteiger charge is -2.66. The van der Waals surface area contributed by atoms with Crippen LogP contribution in [0, 0.1) is 52.3 Å². The molecule has 1 N–H and O–H groups in total. The molecular formula is C30H53FO4Si. The fourth-order valence-corrected chi connectivity index (χ4v) is 11.3. The van der Waals surface area contributed by atoms with Crippen molar-refractivity contribution < 1.29 is 23.5 Å². The van der Waals surface area contributed by atoms with E-state index in [0.717, 1.165) is 25.7 Å². The van der Waals surface area contributed by atoms with E-state index in [4.69, 9.17) is 9.16 Å². The van der Waals surface area contributed by atoms with Crippen molar-refractivity contribution >= 4 is 14.3 Å². The number of methoxy groups -OCH3 is 1. The summed E-state index contributed by atoms with van der Waals surface area (Å²) >= 11 is 0. The van der Waals surface area contributed by atoms with Gasteiger partial charge >= 0.3 is 5.97 Å². The van der Waals surface area contributed by atoms with Crippen molar-refractivity contribution in [2.24, 2.45) is 52.3 Å². The van der Waals surface area contributed by atoms with Crippen LogP contribution in [0.2, 0.25) is 19.6 Å². The number of hydrogen-bond donors (Lipinski definition) is 1. The number of esters is 1.